The van der Waals surface area contributed by atoms with Crippen molar-refractivity contribution in [1.82, 2.24) is 5.43 Å². The van der Waals surface area contributed by atoms with Gasteiger partial charge >= 0.3 is 0 Å². The maximum Gasteiger partial charge on any atom is 0.275 e. The first-order valence-corrected chi connectivity index (χ1v) is 8.08. The van der Waals surface area contributed by atoms with E-state index in [1.165, 1.54) is 12.1 Å². The quantitative estimate of drug-likeness (QED) is 0.579. The van der Waals surface area contributed by atoms with Gasteiger partial charge in [0.1, 0.15) is 5.75 Å². The van der Waals surface area contributed by atoms with E-state index in [9.17, 15) is 14.7 Å². The number of amides is 2. The molecule has 2 aromatic rings. The minimum atomic E-state index is -0.481. The van der Waals surface area contributed by atoms with Crippen molar-refractivity contribution >= 4 is 23.2 Å². The van der Waals surface area contributed by atoms with Gasteiger partial charge in [0.15, 0.2) is 0 Å². The molecular weight excluding hydrogens is 318 g/mol. The Morgan fingerprint density at radius 2 is 1.76 bits per heavy atom. The molecule has 1 aliphatic carbocycles. The fourth-order valence-corrected chi connectivity index (χ4v) is 2.31. The van der Waals surface area contributed by atoms with Crippen LogP contribution in [-0.2, 0) is 4.79 Å². The highest BCUT2D eigenvalue weighted by Gasteiger charge is 2.29. The highest BCUT2D eigenvalue weighted by Crippen LogP contribution is 2.30. The Balaban J connectivity index is 1.62. The van der Waals surface area contributed by atoms with Gasteiger partial charge in [0, 0.05) is 11.6 Å². The molecule has 1 aliphatic rings. The summed E-state index contributed by atoms with van der Waals surface area (Å²) in [4.78, 5) is 23.8. The lowest BCUT2D eigenvalue weighted by molar-refractivity contribution is -0.117. The third kappa shape index (κ3) is 4.23. The fourth-order valence-electron chi connectivity index (χ4n) is 2.31. The van der Waals surface area contributed by atoms with Crippen molar-refractivity contribution in [2.24, 2.45) is 11.0 Å². The first-order chi connectivity index (χ1) is 12.0. The van der Waals surface area contributed by atoms with E-state index in [0.717, 1.165) is 24.1 Å². The summed E-state index contributed by atoms with van der Waals surface area (Å²) in [5.74, 6) is -0.352. The molecule has 1 fully saturated rings. The summed E-state index contributed by atoms with van der Waals surface area (Å²) >= 11 is 0. The molecule has 0 heterocycles. The van der Waals surface area contributed by atoms with E-state index in [0.29, 0.717) is 5.71 Å². The van der Waals surface area contributed by atoms with Gasteiger partial charge in [-0.3, -0.25) is 9.59 Å². The zero-order valence-corrected chi connectivity index (χ0v) is 13.8. The van der Waals surface area contributed by atoms with E-state index in [2.05, 4.69) is 15.8 Å². The first kappa shape index (κ1) is 16.7. The standard InChI is InChI=1S/C19H19N3O3/c1-12(21-22-19(25)16-4-2-3-5-17(16)23)13-8-10-15(11-9-13)20-18(24)14-6-7-14/h2-5,8-11,14,23H,6-7H2,1H3,(H,20,24)(H,22,25)/b21-12+. The number of phenolic OH excluding ortho intramolecular Hbond substituents is 1. The van der Waals surface area contributed by atoms with Crippen molar-refractivity contribution in [1.29, 1.82) is 0 Å². The molecule has 0 spiro atoms. The number of nitrogens with one attached hydrogen (secondary N) is 2. The molecule has 0 aromatic heterocycles. The molecule has 0 bridgehead atoms. The van der Waals surface area contributed by atoms with E-state index in [1.54, 1.807) is 31.2 Å². The lowest BCUT2D eigenvalue weighted by Gasteiger charge is -2.07. The van der Waals surface area contributed by atoms with E-state index >= 15 is 0 Å². The van der Waals surface area contributed by atoms with Gasteiger partial charge in [0.2, 0.25) is 5.91 Å². The topological polar surface area (TPSA) is 90.8 Å². The molecule has 25 heavy (non-hydrogen) atoms. The van der Waals surface area contributed by atoms with Crippen LogP contribution in [0.4, 0.5) is 5.69 Å². The van der Waals surface area contributed by atoms with E-state index in [1.807, 2.05) is 12.1 Å². The Morgan fingerprint density at radius 1 is 1.08 bits per heavy atom. The number of phenols is 1. The summed E-state index contributed by atoms with van der Waals surface area (Å²) in [6.07, 6.45) is 1.93. The summed E-state index contributed by atoms with van der Waals surface area (Å²) < 4.78 is 0. The second-order valence-corrected chi connectivity index (χ2v) is 6.00. The normalized spacial score (nSPS) is 14.0. The number of rotatable bonds is 5. The van der Waals surface area contributed by atoms with Crippen LogP contribution in [0, 0.1) is 5.92 Å². The Labute approximate surface area is 145 Å². The lowest BCUT2D eigenvalue weighted by Crippen LogP contribution is -2.19. The van der Waals surface area contributed by atoms with Gasteiger partial charge < -0.3 is 10.4 Å². The number of hydrazone groups is 1. The molecule has 3 rings (SSSR count). The van der Waals surface area contributed by atoms with Gasteiger partial charge in [-0.05, 0) is 49.6 Å². The minimum Gasteiger partial charge on any atom is -0.507 e. The largest absolute Gasteiger partial charge is 0.507 e. The molecule has 2 aromatic carbocycles. The number of carbonyl (C=O) groups excluding carboxylic acids is 2. The van der Waals surface area contributed by atoms with Gasteiger partial charge in [0.05, 0.1) is 11.3 Å². The average Bonchev–Trinajstić information content (AvgIpc) is 3.45. The van der Waals surface area contributed by atoms with Gasteiger partial charge in [-0.1, -0.05) is 24.3 Å². The minimum absolute atomic E-state index is 0.0630. The molecule has 0 unspecified atom stereocenters. The molecule has 6 heteroatoms. The predicted molar refractivity (Wildman–Crippen MR) is 95.6 cm³/mol. The molecule has 3 N–H and O–H groups in total. The second kappa shape index (κ2) is 7.17. The highest BCUT2D eigenvalue weighted by molar-refractivity contribution is 6.02. The molecule has 2 amide bonds. The number of benzene rings is 2. The van der Waals surface area contributed by atoms with Crippen LogP contribution in [0.5, 0.6) is 5.75 Å². The summed E-state index contributed by atoms with van der Waals surface area (Å²) in [7, 11) is 0. The van der Waals surface area contributed by atoms with Crippen LogP contribution in [0.2, 0.25) is 0 Å². The maximum absolute atomic E-state index is 12.0. The predicted octanol–water partition coefficient (Wildman–Crippen LogP) is 2.89. The Hall–Kier alpha value is -3.15. The van der Waals surface area contributed by atoms with E-state index in [4.69, 9.17) is 0 Å². The molecule has 0 aliphatic heterocycles. The number of para-hydroxylation sites is 1. The number of nitrogens with zero attached hydrogens (tertiary/aromatic N) is 1. The summed E-state index contributed by atoms with van der Waals surface area (Å²) in [5.41, 5.74) is 4.77. The Bertz CT molecular complexity index is 824. The summed E-state index contributed by atoms with van der Waals surface area (Å²) in [6, 6.07) is 13.5. The Morgan fingerprint density at radius 3 is 2.40 bits per heavy atom. The zero-order valence-electron chi connectivity index (χ0n) is 13.8. The smallest absolute Gasteiger partial charge is 0.275 e. The lowest BCUT2D eigenvalue weighted by atomic mass is 10.1. The molecule has 6 nitrogen and oxygen atoms in total. The van der Waals surface area contributed by atoms with Crippen LogP contribution in [-0.4, -0.2) is 22.6 Å². The van der Waals surface area contributed by atoms with Gasteiger partial charge in [-0.25, -0.2) is 5.43 Å². The number of anilines is 1. The Kier molecular flexibility index (Phi) is 4.79. The molecule has 128 valence electrons. The molecule has 0 saturated heterocycles. The van der Waals surface area contributed by atoms with Gasteiger partial charge in [0.25, 0.3) is 5.91 Å². The van der Waals surface area contributed by atoms with Crippen LogP contribution >= 0.6 is 0 Å². The van der Waals surface area contributed by atoms with Crippen LogP contribution in [0.15, 0.2) is 53.6 Å². The van der Waals surface area contributed by atoms with E-state index < -0.39 is 5.91 Å². The number of hydrogen-bond acceptors (Lipinski definition) is 4. The van der Waals surface area contributed by atoms with Gasteiger partial charge in [-0.15, -0.1) is 0 Å². The molecule has 0 atom stereocenters. The summed E-state index contributed by atoms with van der Waals surface area (Å²) in [5, 5.41) is 16.6. The maximum atomic E-state index is 12.0. The van der Waals surface area contributed by atoms with E-state index in [-0.39, 0.29) is 23.1 Å². The number of aromatic hydroxyl groups is 1. The van der Waals surface area contributed by atoms with Crippen molar-refractivity contribution in [3.8, 4) is 5.75 Å². The average molecular weight is 337 g/mol. The van der Waals surface area contributed by atoms with Crippen molar-refractivity contribution in [2.75, 3.05) is 5.32 Å². The first-order valence-electron chi connectivity index (χ1n) is 8.08. The van der Waals surface area contributed by atoms with Crippen LogP contribution in [0.25, 0.3) is 0 Å². The van der Waals surface area contributed by atoms with Crippen molar-refractivity contribution in [2.45, 2.75) is 19.8 Å². The second-order valence-electron chi connectivity index (χ2n) is 6.00. The molecule has 0 radical (unpaired) electrons. The van der Waals surface area contributed by atoms with Crippen LogP contribution in [0.3, 0.4) is 0 Å². The van der Waals surface area contributed by atoms with Crippen molar-refractivity contribution in [3.63, 3.8) is 0 Å². The zero-order chi connectivity index (χ0) is 17.8. The third-order valence-electron chi connectivity index (χ3n) is 3.99. The number of carbonyl (C=O) groups is 2. The van der Waals surface area contributed by atoms with Crippen molar-refractivity contribution in [3.05, 3.63) is 59.7 Å². The van der Waals surface area contributed by atoms with Crippen molar-refractivity contribution < 1.29 is 14.7 Å². The molecular formula is C19H19N3O3. The van der Waals surface area contributed by atoms with Gasteiger partial charge in [-0.2, -0.15) is 5.10 Å². The monoisotopic (exact) mass is 337 g/mol. The van der Waals surface area contributed by atoms with Crippen LogP contribution in [0.1, 0.15) is 35.7 Å². The third-order valence-corrected chi connectivity index (χ3v) is 3.99. The fraction of sp³-hybridized carbons (Fsp3) is 0.211. The van der Waals surface area contributed by atoms with Crippen LogP contribution < -0.4 is 10.7 Å². The highest BCUT2D eigenvalue weighted by atomic mass is 16.3. The molecule has 1 saturated carbocycles. The number of hydrogen-bond donors (Lipinski definition) is 3. The SMILES string of the molecule is C/C(=N\NC(=O)c1ccccc1O)c1ccc(NC(=O)C2CC2)cc1. The summed E-state index contributed by atoms with van der Waals surface area (Å²) in [6.45, 7) is 1.77.